The summed E-state index contributed by atoms with van der Waals surface area (Å²) in [6.45, 7) is 1.80. The van der Waals surface area contributed by atoms with Gasteiger partial charge in [-0.05, 0) is 6.92 Å². The van der Waals surface area contributed by atoms with E-state index in [4.69, 9.17) is 14.6 Å². The molecule has 0 aromatic heterocycles. The Morgan fingerprint density at radius 3 is 2.00 bits per heavy atom. The third kappa shape index (κ3) is 3.28. The third-order valence-corrected chi connectivity index (χ3v) is 3.65. The molecule has 0 saturated heterocycles. The molecule has 0 heterocycles. The maximum Gasteiger partial charge on any atom is 0.499 e. The van der Waals surface area contributed by atoms with Gasteiger partial charge in [0.05, 0.1) is 0 Å². The van der Waals surface area contributed by atoms with Crippen LogP contribution in [0, 0.1) is 0 Å². The van der Waals surface area contributed by atoms with E-state index in [-0.39, 0.29) is 6.04 Å². The Bertz CT molecular complexity index is 94.9. The zero-order valence-corrected chi connectivity index (χ0v) is 7.63. The molecule has 0 amide bonds. The van der Waals surface area contributed by atoms with Crippen molar-refractivity contribution in [2.45, 2.75) is 19.0 Å². The van der Waals surface area contributed by atoms with E-state index >= 15 is 0 Å². The number of nitrogens with two attached hydrogens (primary N) is 1. The van der Waals surface area contributed by atoms with Crippen LogP contribution < -0.4 is 5.73 Å². The predicted octanol–water partition coefficient (Wildman–Crippen LogP) is -0.442. The normalized spacial score (nSPS) is 15.3. The predicted molar refractivity (Wildman–Crippen MR) is 40.4 cm³/mol. The summed E-state index contributed by atoms with van der Waals surface area (Å²) < 4.78 is 9.58. The summed E-state index contributed by atoms with van der Waals surface area (Å²) in [4.78, 5) is 9.41. The largest absolute Gasteiger partial charge is 0.499 e. The second-order valence-electron chi connectivity index (χ2n) is 2.30. The first-order chi connectivity index (χ1) is 4.54. The summed E-state index contributed by atoms with van der Waals surface area (Å²) >= 11 is 0. The highest BCUT2D eigenvalue weighted by atomic mass is 28.4. The molecular weight excluding hydrogens is 150 g/mol. The van der Waals surface area contributed by atoms with Crippen LogP contribution in [-0.4, -0.2) is 33.9 Å². The van der Waals surface area contributed by atoms with Crippen LogP contribution in [0.1, 0.15) is 6.92 Å². The van der Waals surface area contributed by atoms with Crippen LogP contribution in [0.15, 0.2) is 0 Å². The average Bonchev–Trinajstić information content (AvgIpc) is 1.87. The van der Waals surface area contributed by atoms with Gasteiger partial charge in [0.1, 0.15) is 0 Å². The van der Waals surface area contributed by atoms with Gasteiger partial charge in [0.2, 0.25) is 0 Å². The fourth-order valence-electron chi connectivity index (χ4n) is 0.657. The number of rotatable bonds is 4. The molecule has 0 aliphatic rings. The van der Waals surface area contributed by atoms with Gasteiger partial charge in [-0.3, -0.25) is 0 Å². The molecule has 10 heavy (non-hydrogen) atoms. The molecule has 0 saturated carbocycles. The first-order valence-electron chi connectivity index (χ1n) is 3.12. The van der Waals surface area contributed by atoms with E-state index in [9.17, 15) is 4.80 Å². The van der Waals surface area contributed by atoms with Crippen molar-refractivity contribution in [2.75, 3.05) is 14.2 Å². The fourth-order valence-corrected chi connectivity index (χ4v) is 1.97. The van der Waals surface area contributed by atoms with Crippen molar-refractivity contribution >= 4 is 8.80 Å². The Balaban J connectivity index is 3.80. The molecule has 0 fully saturated rings. The van der Waals surface area contributed by atoms with Gasteiger partial charge in [-0.2, -0.15) is 0 Å². The highest BCUT2D eigenvalue weighted by Crippen LogP contribution is 2.08. The van der Waals surface area contributed by atoms with E-state index in [0.29, 0.717) is 6.04 Å². The van der Waals surface area contributed by atoms with Crippen molar-refractivity contribution in [3.05, 3.63) is 0 Å². The summed E-state index contributed by atoms with van der Waals surface area (Å²) in [5.41, 5.74) is 5.44. The Labute approximate surface area is 62.3 Å². The molecular formula is C5H15NO3Si. The van der Waals surface area contributed by atoms with Crippen LogP contribution in [0.3, 0.4) is 0 Å². The topological polar surface area (TPSA) is 64.7 Å². The number of hydrogen-bond acceptors (Lipinski definition) is 4. The molecule has 0 rings (SSSR count). The van der Waals surface area contributed by atoms with Gasteiger partial charge in [-0.25, -0.2) is 0 Å². The summed E-state index contributed by atoms with van der Waals surface area (Å²) in [5.74, 6) is 0. The smallest absolute Gasteiger partial charge is 0.390 e. The first kappa shape index (κ1) is 10.1. The molecule has 4 nitrogen and oxygen atoms in total. The fraction of sp³-hybridized carbons (Fsp3) is 1.00. The van der Waals surface area contributed by atoms with E-state index in [1.54, 1.807) is 6.92 Å². The lowest BCUT2D eigenvalue weighted by atomic mass is 10.4. The van der Waals surface area contributed by atoms with Gasteiger partial charge < -0.3 is 19.4 Å². The Morgan fingerprint density at radius 1 is 1.50 bits per heavy atom. The maximum absolute atomic E-state index is 9.41. The molecule has 5 heteroatoms. The molecule has 0 aromatic rings. The SMILES string of the molecule is CO[Si](O)(CC(C)N)OC. The van der Waals surface area contributed by atoms with Crippen LogP contribution in [0.4, 0.5) is 0 Å². The second-order valence-corrected chi connectivity index (χ2v) is 4.95. The van der Waals surface area contributed by atoms with E-state index in [2.05, 4.69) is 0 Å². The van der Waals surface area contributed by atoms with Crippen LogP contribution in [0.25, 0.3) is 0 Å². The summed E-state index contributed by atoms with van der Waals surface area (Å²) in [7, 11) is -0.0281. The molecule has 0 aliphatic heterocycles. The van der Waals surface area contributed by atoms with Crippen molar-refractivity contribution in [3.63, 3.8) is 0 Å². The van der Waals surface area contributed by atoms with Gasteiger partial charge in [0, 0.05) is 26.3 Å². The minimum absolute atomic E-state index is 0.0865. The molecule has 0 bridgehead atoms. The van der Waals surface area contributed by atoms with Crippen LogP contribution >= 0.6 is 0 Å². The first-order valence-corrected chi connectivity index (χ1v) is 5.09. The van der Waals surface area contributed by atoms with Gasteiger partial charge in [-0.1, -0.05) is 0 Å². The van der Waals surface area contributed by atoms with Crippen LogP contribution in [-0.2, 0) is 8.85 Å². The minimum Gasteiger partial charge on any atom is -0.390 e. The molecule has 3 N–H and O–H groups in total. The summed E-state index contributed by atoms with van der Waals surface area (Å²) in [6.07, 6.45) is 0. The van der Waals surface area contributed by atoms with Crippen molar-refractivity contribution < 1.29 is 13.6 Å². The Kier molecular flexibility index (Phi) is 4.07. The van der Waals surface area contributed by atoms with E-state index in [0.717, 1.165) is 0 Å². The molecule has 0 aromatic carbocycles. The van der Waals surface area contributed by atoms with E-state index < -0.39 is 8.80 Å². The highest BCUT2D eigenvalue weighted by Gasteiger charge is 2.35. The van der Waals surface area contributed by atoms with Gasteiger partial charge in [-0.15, -0.1) is 0 Å². The standard InChI is InChI=1S/C5H15NO3Si/c1-5(6)4-10(7,8-2)9-3/h5,7H,4,6H2,1-3H3. The highest BCUT2D eigenvalue weighted by molar-refractivity contribution is 6.59. The summed E-state index contributed by atoms with van der Waals surface area (Å²) in [6, 6.07) is 0.316. The Hall–Kier alpha value is 0.0569. The van der Waals surface area contributed by atoms with E-state index in [1.165, 1.54) is 14.2 Å². The monoisotopic (exact) mass is 165 g/mol. The maximum atomic E-state index is 9.41. The lowest BCUT2D eigenvalue weighted by Gasteiger charge is -2.20. The van der Waals surface area contributed by atoms with Gasteiger partial charge in [0.15, 0.2) is 0 Å². The van der Waals surface area contributed by atoms with Crippen molar-refractivity contribution in [2.24, 2.45) is 5.73 Å². The molecule has 1 unspecified atom stereocenters. The average molecular weight is 165 g/mol. The summed E-state index contributed by atoms with van der Waals surface area (Å²) in [5, 5.41) is 0. The third-order valence-electron chi connectivity index (χ3n) is 1.22. The molecule has 0 spiro atoms. The van der Waals surface area contributed by atoms with Gasteiger partial charge >= 0.3 is 8.80 Å². The molecule has 62 valence electrons. The molecule has 0 aliphatic carbocycles. The van der Waals surface area contributed by atoms with Gasteiger partial charge in [0.25, 0.3) is 0 Å². The second kappa shape index (κ2) is 4.04. The Morgan fingerprint density at radius 2 is 1.90 bits per heavy atom. The zero-order chi connectivity index (χ0) is 8.20. The van der Waals surface area contributed by atoms with Crippen LogP contribution in [0.2, 0.25) is 6.04 Å². The lowest BCUT2D eigenvalue weighted by Crippen LogP contribution is -2.44. The molecule has 1 atom stereocenters. The minimum atomic E-state index is -2.89. The van der Waals surface area contributed by atoms with Crippen molar-refractivity contribution in [1.82, 2.24) is 0 Å². The zero-order valence-electron chi connectivity index (χ0n) is 6.63. The van der Waals surface area contributed by atoms with Crippen molar-refractivity contribution in [3.8, 4) is 0 Å². The quantitative estimate of drug-likeness (QED) is 0.554. The lowest BCUT2D eigenvalue weighted by molar-refractivity contribution is 0.149. The van der Waals surface area contributed by atoms with Crippen LogP contribution in [0.5, 0.6) is 0 Å². The van der Waals surface area contributed by atoms with E-state index in [1.807, 2.05) is 0 Å². The molecule has 0 radical (unpaired) electrons. The number of hydrogen-bond donors (Lipinski definition) is 2. The van der Waals surface area contributed by atoms with Crippen molar-refractivity contribution in [1.29, 1.82) is 0 Å².